The lowest BCUT2D eigenvalue weighted by atomic mass is 10.5. The molecular weight excluding hydrogens is 206 g/mol. The average Bonchev–Trinajstić information content (AvgIpc) is 2.11. The molecule has 0 aliphatic carbocycles. The van der Waals surface area contributed by atoms with Gasteiger partial charge in [-0.2, -0.15) is 0 Å². The van der Waals surface area contributed by atoms with Crippen LogP contribution in [0.3, 0.4) is 0 Å². The Hall–Kier alpha value is -0.733. The molecule has 4 heteroatoms. The van der Waals surface area contributed by atoms with Crippen LogP contribution < -0.4 is 0 Å². The highest BCUT2D eigenvalue weighted by atomic mass is 28.4. The minimum Gasteiger partial charge on any atom is -0.434 e. The lowest BCUT2D eigenvalue weighted by Crippen LogP contribution is -2.49. The van der Waals surface area contributed by atoms with Crippen molar-refractivity contribution in [1.29, 1.82) is 0 Å². The summed E-state index contributed by atoms with van der Waals surface area (Å²) in [4.78, 5) is 0.409. The first-order valence-electron chi connectivity index (χ1n) is 5.48. The summed E-state index contributed by atoms with van der Waals surface area (Å²) in [6.45, 7) is 16.1. The molecule has 15 heavy (non-hydrogen) atoms. The highest BCUT2D eigenvalue weighted by Gasteiger charge is 2.44. The largest absolute Gasteiger partial charge is 0.434 e. The van der Waals surface area contributed by atoms with Crippen molar-refractivity contribution in [2.24, 2.45) is 0 Å². The summed E-state index contributed by atoms with van der Waals surface area (Å²) in [6.07, 6.45) is 0. The molecule has 88 valence electrons. The third-order valence-electron chi connectivity index (χ3n) is 3.08. The maximum absolute atomic E-state index is 11.3. The highest BCUT2D eigenvalue weighted by Crippen LogP contribution is 2.42. The van der Waals surface area contributed by atoms with Crippen LogP contribution in [0.2, 0.25) is 16.6 Å². The molecule has 0 atom stereocenters. The second kappa shape index (κ2) is 5.38. The first-order valence-corrected chi connectivity index (χ1v) is 7.62. The smallest absolute Gasteiger partial charge is 0.231 e. The zero-order valence-corrected chi connectivity index (χ0v) is 11.7. The lowest BCUT2D eigenvalue weighted by molar-refractivity contribution is -0.700. The topological polar surface area (TPSA) is 35.3 Å². The molecule has 0 heterocycles. The standard InChI is InChI=1S/C11H23NO2Si/c1-8-12(13)14-15(9(2)3,10(4)5)11(6)7/h9-11H,1H2,2-7H3. The monoisotopic (exact) mass is 229 g/mol. The van der Waals surface area contributed by atoms with Crippen LogP contribution in [0.5, 0.6) is 0 Å². The summed E-state index contributed by atoms with van der Waals surface area (Å²) < 4.78 is 5.61. The molecular formula is C11H23NO2Si. The van der Waals surface area contributed by atoms with E-state index in [4.69, 9.17) is 4.53 Å². The van der Waals surface area contributed by atoms with E-state index in [2.05, 4.69) is 54.0 Å². The van der Waals surface area contributed by atoms with Crippen molar-refractivity contribution in [1.82, 2.24) is 0 Å². The van der Waals surface area contributed by atoms with Crippen LogP contribution in [-0.4, -0.2) is 19.1 Å². The van der Waals surface area contributed by atoms with Crippen LogP contribution >= 0.6 is 0 Å². The van der Waals surface area contributed by atoms with Gasteiger partial charge in [0.2, 0.25) is 14.2 Å². The lowest BCUT2D eigenvalue weighted by Gasteiger charge is -2.42. The fourth-order valence-electron chi connectivity index (χ4n) is 2.49. The van der Waals surface area contributed by atoms with E-state index >= 15 is 0 Å². The molecule has 0 radical (unpaired) electrons. The summed E-state index contributed by atoms with van der Waals surface area (Å²) in [7, 11) is -2.10. The van der Waals surface area contributed by atoms with Gasteiger partial charge in [-0.15, -0.1) is 0 Å². The van der Waals surface area contributed by atoms with E-state index in [1.54, 1.807) is 0 Å². The van der Waals surface area contributed by atoms with Crippen LogP contribution in [0.1, 0.15) is 41.5 Å². The third kappa shape index (κ3) is 2.86. The highest BCUT2D eigenvalue weighted by molar-refractivity contribution is 6.77. The van der Waals surface area contributed by atoms with Crippen molar-refractivity contribution in [2.75, 3.05) is 0 Å². The Morgan fingerprint density at radius 1 is 1.07 bits per heavy atom. The zero-order chi connectivity index (χ0) is 12.2. The summed E-state index contributed by atoms with van der Waals surface area (Å²) in [5.41, 5.74) is 1.17. The molecule has 0 N–H and O–H groups in total. The Morgan fingerprint density at radius 3 is 1.60 bits per heavy atom. The minimum absolute atomic E-state index is 0.391. The van der Waals surface area contributed by atoms with Crippen LogP contribution in [0.15, 0.2) is 6.58 Å². The molecule has 0 saturated carbocycles. The van der Waals surface area contributed by atoms with E-state index in [1.807, 2.05) is 0 Å². The minimum atomic E-state index is -2.10. The molecule has 0 bridgehead atoms. The maximum Gasteiger partial charge on any atom is 0.231 e. The molecule has 0 aromatic heterocycles. The predicted octanol–water partition coefficient (Wildman–Crippen LogP) is 3.46. The Bertz CT molecular complexity index is 234. The van der Waals surface area contributed by atoms with Crippen LogP contribution in [0.4, 0.5) is 0 Å². The second-order valence-corrected chi connectivity index (χ2v) is 10.2. The van der Waals surface area contributed by atoms with Gasteiger partial charge in [-0.05, 0) is 16.6 Å². The number of hydrogen-bond acceptors (Lipinski definition) is 2. The molecule has 0 fully saturated rings. The Labute approximate surface area is 94.1 Å². The van der Waals surface area contributed by atoms with Gasteiger partial charge in [-0.3, -0.25) is 5.21 Å². The molecule has 0 aliphatic rings. The van der Waals surface area contributed by atoms with Crippen molar-refractivity contribution in [2.45, 2.75) is 58.2 Å². The molecule has 0 amide bonds. The molecule has 0 saturated heterocycles. The predicted molar refractivity (Wildman–Crippen MR) is 66.4 cm³/mol. The van der Waals surface area contributed by atoms with Crippen LogP contribution in [0.25, 0.3) is 0 Å². The van der Waals surface area contributed by atoms with Gasteiger partial charge in [0, 0.05) is 6.58 Å². The van der Waals surface area contributed by atoms with Gasteiger partial charge >= 0.3 is 0 Å². The molecule has 0 aliphatic heterocycles. The fraction of sp³-hybridized carbons (Fsp3) is 0.818. The van der Waals surface area contributed by atoms with E-state index in [1.165, 1.54) is 0 Å². The van der Waals surface area contributed by atoms with Gasteiger partial charge in [0.1, 0.15) is 0 Å². The van der Waals surface area contributed by atoms with E-state index in [-0.39, 0.29) is 0 Å². The Balaban J connectivity index is 5.23. The van der Waals surface area contributed by atoms with E-state index in [0.29, 0.717) is 21.5 Å². The SMILES string of the molecule is C=C=[N+]([O-])O[Si](C(C)C)(C(C)C)C(C)C. The first-order chi connectivity index (χ1) is 6.78. The van der Waals surface area contributed by atoms with Gasteiger partial charge in [0.15, 0.2) is 0 Å². The average molecular weight is 229 g/mol. The molecule has 3 nitrogen and oxygen atoms in total. The quantitative estimate of drug-likeness (QED) is 0.313. The zero-order valence-electron chi connectivity index (χ0n) is 10.7. The Morgan fingerprint density at radius 2 is 1.40 bits per heavy atom. The maximum atomic E-state index is 11.3. The normalized spacial score (nSPS) is 12.1. The van der Waals surface area contributed by atoms with Crippen molar-refractivity contribution >= 4 is 14.2 Å². The van der Waals surface area contributed by atoms with E-state index < -0.39 is 8.32 Å². The third-order valence-corrected chi connectivity index (χ3v) is 8.97. The van der Waals surface area contributed by atoms with Gasteiger partial charge in [0.25, 0.3) is 0 Å². The van der Waals surface area contributed by atoms with Gasteiger partial charge in [-0.1, -0.05) is 41.5 Å². The Kier molecular flexibility index (Phi) is 5.12. The number of nitrogens with zero attached hydrogens (tertiary/aromatic N) is 1. The summed E-state index contributed by atoms with van der Waals surface area (Å²) in [5.74, 6) is 2.23. The number of rotatable bonds is 5. The van der Waals surface area contributed by atoms with Gasteiger partial charge < -0.3 is 4.53 Å². The summed E-state index contributed by atoms with van der Waals surface area (Å²) >= 11 is 0. The molecule has 0 aromatic rings. The van der Waals surface area contributed by atoms with Gasteiger partial charge in [-0.25, -0.2) is 0 Å². The van der Waals surface area contributed by atoms with E-state index in [9.17, 15) is 5.21 Å². The molecule has 0 rings (SSSR count). The van der Waals surface area contributed by atoms with Crippen molar-refractivity contribution in [3.05, 3.63) is 11.8 Å². The van der Waals surface area contributed by atoms with Gasteiger partial charge in [0.05, 0.1) is 4.90 Å². The molecule has 0 unspecified atom stereocenters. The van der Waals surface area contributed by atoms with Crippen molar-refractivity contribution < 1.29 is 9.43 Å². The molecule has 0 spiro atoms. The number of hydrogen-bond donors (Lipinski definition) is 0. The van der Waals surface area contributed by atoms with E-state index in [0.717, 1.165) is 0 Å². The summed E-state index contributed by atoms with van der Waals surface area (Å²) in [5, 5.41) is 11.3. The van der Waals surface area contributed by atoms with Crippen LogP contribution in [-0.2, 0) is 4.53 Å². The van der Waals surface area contributed by atoms with Crippen LogP contribution in [0, 0.1) is 5.21 Å². The second-order valence-electron chi connectivity index (χ2n) is 4.82. The van der Waals surface area contributed by atoms with Crippen molar-refractivity contribution in [3.8, 4) is 0 Å². The molecule has 0 aromatic carbocycles. The summed E-state index contributed by atoms with van der Waals surface area (Å²) in [6, 6.07) is 0. The first kappa shape index (κ1) is 14.3. The van der Waals surface area contributed by atoms with Crippen molar-refractivity contribution in [3.63, 3.8) is 0 Å². The fourth-order valence-corrected chi connectivity index (χ4v) is 7.48.